The zero-order valence-electron chi connectivity index (χ0n) is 15.8. The molecule has 136 valence electrons. The van der Waals surface area contributed by atoms with Crippen molar-refractivity contribution in [2.45, 2.75) is 89.6 Å². The van der Waals surface area contributed by atoms with E-state index in [0.717, 1.165) is 38.5 Å². The summed E-state index contributed by atoms with van der Waals surface area (Å²) in [5, 5.41) is 0. The van der Waals surface area contributed by atoms with Gasteiger partial charge >= 0.3 is 5.97 Å². The molecule has 0 amide bonds. The van der Waals surface area contributed by atoms with Gasteiger partial charge in [0.15, 0.2) is 0 Å². The summed E-state index contributed by atoms with van der Waals surface area (Å²) >= 11 is 0. The highest BCUT2D eigenvalue weighted by molar-refractivity contribution is 5.73. The Balaban J connectivity index is 1.39. The summed E-state index contributed by atoms with van der Waals surface area (Å²) in [6, 6.07) is 0. The summed E-state index contributed by atoms with van der Waals surface area (Å²) in [5.74, 6) is 0.336. The summed E-state index contributed by atoms with van der Waals surface area (Å²) in [6.45, 7) is 8.70. The first kappa shape index (κ1) is 17.9. The van der Waals surface area contributed by atoms with Gasteiger partial charge in [0.05, 0.1) is 36.4 Å². The third-order valence-electron chi connectivity index (χ3n) is 6.27. The van der Waals surface area contributed by atoms with Gasteiger partial charge in [-0.25, -0.2) is 0 Å². The molecule has 5 atom stereocenters. The first-order chi connectivity index (χ1) is 11.2. The largest absolute Gasteiger partial charge is 0.469 e. The second kappa shape index (κ2) is 6.45. The molecule has 0 aromatic rings. The molecule has 3 aliphatic rings. The number of methoxy groups -OCH3 is 1. The number of hydrogen-bond acceptors (Lipinski definition) is 4. The quantitative estimate of drug-likeness (QED) is 0.400. The molecule has 0 bridgehead atoms. The fraction of sp³-hybridized carbons (Fsp3) is 0.850. The SMILES string of the molecule is COC(=O)[C@@H]1CC=C(CCC2OC2(C)CCC2OC2(C)C)CC1C. The van der Waals surface area contributed by atoms with Crippen LogP contribution in [0.4, 0.5) is 0 Å². The molecule has 1 aliphatic carbocycles. The lowest BCUT2D eigenvalue weighted by atomic mass is 9.79. The molecule has 0 saturated carbocycles. The van der Waals surface area contributed by atoms with Crippen LogP contribution < -0.4 is 0 Å². The lowest BCUT2D eigenvalue weighted by molar-refractivity contribution is -0.147. The highest BCUT2D eigenvalue weighted by atomic mass is 16.6. The number of carbonyl (C=O) groups is 1. The average molecular weight is 336 g/mol. The predicted octanol–water partition coefficient (Wildman–Crippen LogP) is 4.03. The Hall–Kier alpha value is -0.870. The highest BCUT2D eigenvalue weighted by Gasteiger charge is 2.54. The maximum atomic E-state index is 11.7. The molecule has 0 aromatic carbocycles. The van der Waals surface area contributed by atoms with E-state index in [0.29, 0.717) is 18.1 Å². The van der Waals surface area contributed by atoms with Gasteiger partial charge in [0, 0.05) is 0 Å². The summed E-state index contributed by atoms with van der Waals surface area (Å²) in [5.41, 5.74) is 1.62. The van der Waals surface area contributed by atoms with Gasteiger partial charge in [-0.2, -0.15) is 0 Å². The highest BCUT2D eigenvalue weighted by Crippen LogP contribution is 2.47. The molecule has 3 rings (SSSR count). The van der Waals surface area contributed by atoms with Crippen LogP contribution in [0.3, 0.4) is 0 Å². The van der Waals surface area contributed by atoms with Crippen LogP contribution in [0, 0.1) is 11.8 Å². The Morgan fingerprint density at radius 1 is 1.25 bits per heavy atom. The van der Waals surface area contributed by atoms with Crippen molar-refractivity contribution >= 4 is 5.97 Å². The third kappa shape index (κ3) is 3.85. The summed E-state index contributed by atoms with van der Waals surface area (Å²) in [7, 11) is 1.48. The molecule has 2 aliphatic heterocycles. The maximum Gasteiger partial charge on any atom is 0.309 e. The van der Waals surface area contributed by atoms with Gasteiger partial charge in [0.2, 0.25) is 0 Å². The molecule has 2 saturated heterocycles. The lowest BCUT2D eigenvalue weighted by Crippen LogP contribution is -2.26. The normalized spacial score (nSPS) is 40.0. The second-order valence-corrected chi connectivity index (χ2v) is 8.62. The van der Waals surface area contributed by atoms with Gasteiger partial charge in [0.25, 0.3) is 0 Å². The zero-order valence-corrected chi connectivity index (χ0v) is 15.8. The van der Waals surface area contributed by atoms with Gasteiger partial charge in [-0.05, 0) is 65.2 Å². The number of carbonyl (C=O) groups excluding carboxylic acids is 1. The number of rotatable bonds is 7. The van der Waals surface area contributed by atoms with Crippen LogP contribution in [0.2, 0.25) is 0 Å². The van der Waals surface area contributed by atoms with Crippen molar-refractivity contribution in [3.8, 4) is 0 Å². The number of esters is 1. The molecule has 2 fully saturated rings. The van der Waals surface area contributed by atoms with Gasteiger partial charge in [-0.3, -0.25) is 4.79 Å². The zero-order chi connectivity index (χ0) is 17.5. The minimum absolute atomic E-state index is 0.0306. The molecule has 0 N–H and O–H groups in total. The van der Waals surface area contributed by atoms with Crippen LogP contribution in [-0.4, -0.2) is 36.5 Å². The van der Waals surface area contributed by atoms with E-state index in [-0.39, 0.29) is 23.1 Å². The topological polar surface area (TPSA) is 51.4 Å². The van der Waals surface area contributed by atoms with E-state index in [1.165, 1.54) is 12.7 Å². The smallest absolute Gasteiger partial charge is 0.309 e. The van der Waals surface area contributed by atoms with E-state index >= 15 is 0 Å². The van der Waals surface area contributed by atoms with Gasteiger partial charge in [0.1, 0.15) is 0 Å². The van der Waals surface area contributed by atoms with Crippen molar-refractivity contribution < 1.29 is 19.0 Å². The van der Waals surface area contributed by atoms with Crippen molar-refractivity contribution in [2.75, 3.05) is 7.11 Å². The molecule has 4 nitrogen and oxygen atoms in total. The van der Waals surface area contributed by atoms with Gasteiger partial charge < -0.3 is 14.2 Å². The van der Waals surface area contributed by atoms with E-state index in [1.54, 1.807) is 0 Å². The minimum Gasteiger partial charge on any atom is -0.469 e. The Bertz CT molecular complexity index is 524. The Kier molecular flexibility index (Phi) is 4.82. The Morgan fingerprint density at radius 3 is 2.54 bits per heavy atom. The summed E-state index contributed by atoms with van der Waals surface area (Å²) < 4.78 is 16.6. The average Bonchev–Trinajstić information content (AvgIpc) is 3.38. The molecule has 4 unspecified atom stereocenters. The number of hydrogen-bond donors (Lipinski definition) is 0. The molecule has 24 heavy (non-hydrogen) atoms. The number of allylic oxidation sites excluding steroid dienone is 2. The first-order valence-corrected chi connectivity index (χ1v) is 9.36. The van der Waals surface area contributed by atoms with Crippen LogP contribution in [0.5, 0.6) is 0 Å². The van der Waals surface area contributed by atoms with E-state index in [4.69, 9.17) is 14.2 Å². The van der Waals surface area contributed by atoms with Crippen molar-refractivity contribution in [3.63, 3.8) is 0 Å². The van der Waals surface area contributed by atoms with E-state index in [9.17, 15) is 4.79 Å². The molecular formula is C20H32O4. The monoisotopic (exact) mass is 336 g/mol. The van der Waals surface area contributed by atoms with Crippen LogP contribution in [0.25, 0.3) is 0 Å². The molecular weight excluding hydrogens is 304 g/mol. The minimum atomic E-state index is -0.0684. The van der Waals surface area contributed by atoms with Crippen LogP contribution >= 0.6 is 0 Å². The van der Waals surface area contributed by atoms with Crippen molar-refractivity contribution in [1.29, 1.82) is 0 Å². The summed E-state index contributed by atoms with van der Waals surface area (Å²) in [6.07, 6.45) is 9.24. The fourth-order valence-corrected chi connectivity index (χ4v) is 4.20. The van der Waals surface area contributed by atoms with E-state index in [1.807, 2.05) is 0 Å². The Morgan fingerprint density at radius 2 is 1.96 bits per heavy atom. The van der Waals surface area contributed by atoms with E-state index < -0.39 is 0 Å². The second-order valence-electron chi connectivity index (χ2n) is 8.62. The predicted molar refractivity (Wildman–Crippen MR) is 92.7 cm³/mol. The first-order valence-electron chi connectivity index (χ1n) is 9.36. The van der Waals surface area contributed by atoms with Crippen molar-refractivity contribution in [2.24, 2.45) is 11.8 Å². The maximum absolute atomic E-state index is 11.7. The number of ether oxygens (including phenoxy) is 3. The van der Waals surface area contributed by atoms with E-state index in [2.05, 4.69) is 33.8 Å². The van der Waals surface area contributed by atoms with Gasteiger partial charge in [-0.15, -0.1) is 0 Å². The van der Waals surface area contributed by atoms with Crippen LogP contribution in [0.1, 0.15) is 66.2 Å². The molecule has 0 aromatic heterocycles. The standard InChI is InChI=1S/C20H32O4/c1-13-12-14(6-8-15(13)18(21)22-5)7-9-17-20(4,24-17)11-10-16-19(2,3)23-16/h6,13,15-17H,7-12H2,1-5H3/t13?,15-,16?,17?,20?/m1/s1. The summed E-state index contributed by atoms with van der Waals surface area (Å²) in [4.78, 5) is 11.7. The fourth-order valence-electron chi connectivity index (χ4n) is 4.20. The molecule has 0 radical (unpaired) electrons. The third-order valence-corrected chi connectivity index (χ3v) is 6.27. The van der Waals surface area contributed by atoms with Crippen LogP contribution in [0.15, 0.2) is 11.6 Å². The Labute approximate surface area is 145 Å². The lowest BCUT2D eigenvalue weighted by Gasteiger charge is -2.26. The van der Waals surface area contributed by atoms with Crippen molar-refractivity contribution in [1.82, 2.24) is 0 Å². The molecule has 2 heterocycles. The molecule has 0 spiro atoms. The van der Waals surface area contributed by atoms with Crippen LogP contribution in [-0.2, 0) is 19.0 Å². The molecule has 4 heteroatoms. The number of epoxide rings is 2. The van der Waals surface area contributed by atoms with Gasteiger partial charge in [-0.1, -0.05) is 18.6 Å². The van der Waals surface area contributed by atoms with Crippen molar-refractivity contribution in [3.05, 3.63) is 11.6 Å².